The Labute approximate surface area is 62.9 Å². The molecule has 1 saturated carbocycles. The van der Waals surface area contributed by atoms with Crippen molar-refractivity contribution >= 4 is 22.6 Å². The topological polar surface area (TPSA) is 9.23 Å². The van der Waals surface area contributed by atoms with Gasteiger partial charge in [0.1, 0.15) is 0 Å². The molecule has 1 aliphatic heterocycles. The fourth-order valence-corrected chi connectivity index (χ4v) is 3.11. The van der Waals surface area contributed by atoms with Gasteiger partial charge in [-0.1, -0.05) is 22.6 Å². The van der Waals surface area contributed by atoms with Gasteiger partial charge in [-0.05, 0) is 6.92 Å². The summed E-state index contributed by atoms with van der Waals surface area (Å²) in [6, 6.07) is 0. The Bertz CT molecular complexity index is 113. The standard InChI is InChI=1S/C6H9IO/c1-3-5-4(2-8-3)6(5)7/h3-6H,2H2,1H3/t3-,4+,5-,6+/m1/s1. The lowest BCUT2D eigenvalue weighted by Gasteiger charge is -2.04. The van der Waals surface area contributed by atoms with Crippen molar-refractivity contribution < 1.29 is 4.74 Å². The van der Waals surface area contributed by atoms with Crippen LogP contribution in [0.15, 0.2) is 0 Å². The Hall–Kier alpha value is 0.690. The molecule has 2 heteroatoms. The molecule has 2 fully saturated rings. The summed E-state index contributed by atoms with van der Waals surface area (Å²) in [6.45, 7) is 3.21. The van der Waals surface area contributed by atoms with E-state index in [1.54, 1.807) is 0 Å². The molecule has 4 atom stereocenters. The summed E-state index contributed by atoms with van der Waals surface area (Å²) in [6.07, 6.45) is 0.557. The van der Waals surface area contributed by atoms with Gasteiger partial charge < -0.3 is 4.74 Å². The minimum Gasteiger partial charge on any atom is -0.378 e. The molecule has 1 nitrogen and oxygen atoms in total. The molecule has 1 heterocycles. The number of rotatable bonds is 0. The van der Waals surface area contributed by atoms with Crippen LogP contribution in [0.25, 0.3) is 0 Å². The predicted octanol–water partition coefficient (Wildman–Crippen LogP) is 1.45. The summed E-state index contributed by atoms with van der Waals surface area (Å²) in [5.74, 6) is 1.83. The number of hydrogen-bond acceptors (Lipinski definition) is 1. The lowest BCUT2D eigenvalue weighted by molar-refractivity contribution is 0.0958. The van der Waals surface area contributed by atoms with Crippen molar-refractivity contribution in [3.8, 4) is 0 Å². The fraction of sp³-hybridized carbons (Fsp3) is 1.00. The van der Waals surface area contributed by atoms with Crippen LogP contribution in [0.5, 0.6) is 0 Å². The molecule has 0 amide bonds. The van der Waals surface area contributed by atoms with Crippen molar-refractivity contribution in [2.45, 2.75) is 17.0 Å². The third-order valence-corrected chi connectivity index (χ3v) is 3.98. The monoisotopic (exact) mass is 224 g/mol. The highest BCUT2D eigenvalue weighted by Crippen LogP contribution is 2.53. The zero-order valence-electron chi connectivity index (χ0n) is 4.80. The van der Waals surface area contributed by atoms with Gasteiger partial charge in [0.2, 0.25) is 0 Å². The number of alkyl halides is 1. The van der Waals surface area contributed by atoms with E-state index < -0.39 is 0 Å². The molecule has 0 aromatic rings. The van der Waals surface area contributed by atoms with Crippen LogP contribution in [0.1, 0.15) is 6.92 Å². The molecule has 0 unspecified atom stereocenters. The predicted molar refractivity (Wildman–Crippen MR) is 40.2 cm³/mol. The molecule has 0 aromatic carbocycles. The third kappa shape index (κ3) is 0.559. The Morgan fingerprint density at radius 3 is 2.62 bits per heavy atom. The lowest BCUT2D eigenvalue weighted by Crippen LogP contribution is -2.07. The van der Waals surface area contributed by atoms with Gasteiger partial charge >= 0.3 is 0 Å². The second-order valence-corrected chi connectivity index (χ2v) is 4.16. The summed E-state index contributed by atoms with van der Waals surface area (Å²) in [5.41, 5.74) is 0. The highest BCUT2D eigenvalue weighted by atomic mass is 127. The van der Waals surface area contributed by atoms with E-state index in [1.165, 1.54) is 0 Å². The quantitative estimate of drug-likeness (QED) is 0.447. The average molecular weight is 224 g/mol. The van der Waals surface area contributed by atoms with Crippen molar-refractivity contribution in [2.24, 2.45) is 11.8 Å². The summed E-state index contributed by atoms with van der Waals surface area (Å²) >= 11 is 2.53. The van der Waals surface area contributed by atoms with Gasteiger partial charge in [0.25, 0.3) is 0 Å². The number of hydrogen-bond donors (Lipinski definition) is 0. The Kier molecular flexibility index (Phi) is 1.09. The molecule has 0 bridgehead atoms. The second-order valence-electron chi connectivity index (χ2n) is 2.72. The van der Waals surface area contributed by atoms with E-state index in [0.29, 0.717) is 6.10 Å². The Morgan fingerprint density at radius 1 is 1.62 bits per heavy atom. The first-order chi connectivity index (χ1) is 3.80. The maximum Gasteiger partial charge on any atom is 0.0589 e. The van der Waals surface area contributed by atoms with Crippen molar-refractivity contribution in [3.05, 3.63) is 0 Å². The molecular weight excluding hydrogens is 215 g/mol. The lowest BCUT2D eigenvalue weighted by atomic mass is 10.3. The minimum absolute atomic E-state index is 0.557. The van der Waals surface area contributed by atoms with Gasteiger partial charge in [-0.2, -0.15) is 0 Å². The molecule has 2 rings (SSSR count). The molecule has 0 radical (unpaired) electrons. The van der Waals surface area contributed by atoms with Crippen LogP contribution >= 0.6 is 22.6 Å². The maximum absolute atomic E-state index is 5.38. The van der Waals surface area contributed by atoms with Crippen LogP contribution in [-0.2, 0) is 4.74 Å². The Morgan fingerprint density at radius 2 is 2.38 bits per heavy atom. The second kappa shape index (κ2) is 1.59. The van der Waals surface area contributed by atoms with Crippen LogP contribution in [0, 0.1) is 11.8 Å². The Balaban J connectivity index is 2.07. The fourth-order valence-electron chi connectivity index (χ4n) is 1.54. The van der Waals surface area contributed by atoms with Crippen molar-refractivity contribution in [2.75, 3.05) is 6.61 Å². The highest BCUT2D eigenvalue weighted by molar-refractivity contribution is 14.1. The first-order valence-corrected chi connectivity index (χ1v) is 4.31. The maximum atomic E-state index is 5.38. The van der Waals surface area contributed by atoms with E-state index in [0.717, 1.165) is 22.4 Å². The number of fused-ring (bicyclic) bond motifs is 1. The minimum atomic E-state index is 0.557. The zero-order chi connectivity index (χ0) is 5.72. The summed E-state index contributed by atoms with van der Waals surface area (Å²) in [4.78, 5) is 0. The smallest absolute Gasteiger partial charge is 0.0589 e. The van der Waals surface area contributed by atoms with E-state index in [4.69, 9.17) is 4.74 Å². The van der Waals surface area contributed by atoms with E-state index in [-0.39, 0.29) is 0 Å². The van der Waals surface area contributed by atoms with E-state index in [1.807, 2.05) is 0 Å². The van der Waals surface area contributed by atoms with Gasteiger partial charge in [0.05, 0.1) is 12.7 Å². The van der Waals surface area contributed by atoms with Gasteiger partial charge in [-0.3, -0.25) is 0 Å². The molecule has 0 N–H and O–H groups in total. The van der Waals surface area contributed by atoms with E-state index in [9.17, 15) is 0 Å². The molecule has 8 heavy (non-hydrogen) atoms. The van der Waals surface area contributed by atoms with Crippen molar-refractivity contribution in [1.82, 2.24) is 0 Å². The van der Waals surface area contributed by atoms with Crippen LogP contribution in [0.4, 0.5) is 0 Å². The molecular formula is C6H9IO. The highest BCUT2D eigenvalue weighted by Gasteiger charge is 2.56. The first kappa shape index (κ1) is 5.47. The summed E-state index contributed by atoms with van der Waals surface area (Å²) < 4.78 is 6.32. The molecule has 0 aromatic heterocycles. The van der Waals surface area contributed by atoms with Crippen molar-refractivity contribution in [3.63, 3.8) is 0 Å². The molecule has 0 spiro atoms. The first-order valence-electron chi connectivity index (χ1n) is 3.06. The van der Waals surface area contributed by atoms with E-state index >= 15 is 0 Å². The average Bonchev–Trinajstić information content (AvgIpc) is 2.13. The van der Waals surface area contributed by atoms with Gasteiger partial charge in [-0.15, -0.1) is 0 Å². The van der Waals surface area contributed by atoms with Crippen molar-refractivity contribution in [1.29, 1.82) is 0 Å². The van der Waals surface area contributed by atoms with E-state index in [2.05, 4.69) is 29.5 Å². The van der Waals surface area contributed by atoms with Gasteiger partial charge in [-0.25, -0.2) is 0 Å². The number of ether oxygens (including phenoxy) is 1. The third-order valence-electron chi connectivity index (χ3n) is 2.22. The molecule has 1 aliphatic carbocycles. The zero-order valence-corrected chi connectivity index (χ0v) is 6.96. The molecule has 1 saturated heterocycles. The summed E-state index contributed by atoms with van der Waals surface area (Å²) in [5, 5.41) is 0. The van der Waals surface area contributed by atoms with Crippen LogP contribution in [0.3, 0.4) is 0 Å². The normalized spacial score (nSPS) is 60.8. The number of halogens is 1. The molecule has 46 valence electrons. The summed E-state index contributed by atoms with van der Waals surface area (Å²) in [7, 11) is 0. The van der Waals surface area contributed by atoms with Crippen LogP contribution in [0.2, 0.25) is 0 Å². The molecule has 2 aliphatic rings. The van der Waals surface area contributed by atoms with Gasteiger partial charge in [0.15, 0.2) is 0 Å². The van der Waals surface area contributed by atoms with Crippen LogP contribution in [-0.4, -0.2) is 16.6 Å². The van der Waals surface area contributed by atoms with Crippen LogP contribution < -0.4 is 0 Å². The SMILES string of the molecule is C[C@H]1OC[C@@H]2[C@H](I)[C@@H]21. The van der Waals surface area contributed by atoms with Gasteiger partial charge in [0, 0.05) is 15.8 Å². The largest absolute Gasteiger partial charge is 0.378 e.